The van der Waals surface area contributed by atoms with E-state index in [4.69, 9.17) is 35.1 Å². The van der Waals surface area contributed by atoms with E-state index in [1.807, 2.05) is 0 Å². The molecular formula is C10H21N2O7PS. The topological polar surface area (TPSA) is 146 Å². The van der Waals surface area contributed by atoms with Crippen LogP contribution in [0.2, 0.25) is 0 Å². The first-order valence-electron chi connectivity index (χ1n) is 6.57. The number of hydrogen-bond acceptors (Lipinski definition) is 9. The predicted molar refractivity (Wildman–Crippen MR) is 75.4 cm³/mol. The van der Waals surface area contributed by atoms with E-state index in [-0.39, 0.29) is 26.1 Å². The summed E-state index contributed by atoms with van der Waals surface area (Å²) in [6.45, 7) is -4.18. The normalized spacial score (nSPS) is 43.1. The summed E-state index contributed by atoms with van der Waals surface area (Å²) in [6.07, 6.45) is -3.44. The van der Waals surface area contributed by atoms with Crippen molar-refractivity contribution >= 4 is 19.0 Å². The Bertz CT molecular complexity index is 404. The van der Waals surface area contributed by atoms with Gasteiger partial charge in [-0.3, -0.25) is 9.05 Å². The van der Waals surface area contributed by atoms with Crippen LogP contribution < -0.4 is 11.5 Å². The zero-order valence-electron chi connectivity index (χ0n) is 11.3. The number of nitrogens with two attached hydrogens (primary N) is 2. The molecule has 2 saturated heterocycles. The van der Waals surface area contributed by atoms with E-state index >= 15 is 0 Å². The maximum Gasteiger partial charge on any atom is 0.386 e. The van der Waals surface area contributed by atoms with Crippen molar-refractivity contribution in [1.29, 1.82) is 0 Å². The van der Waals surface area contributed by atoms with E-state index in [1.165, 1.54) is 0 Å². The van der Waals surface area contributed by atoms with Crippen molar-refractivity contribution in [3.05, 3.63) is 0 Å². The maximum absolute atomic E-state index is 12.2. The molecule has 11 heteroatoms. The van der Waals surface area contributed by atoms with Gasteiger partial charge in [0, 0.05) is 12.8 Å². The number of thiol groups is 1. The van der Waals surface area contributed by atoms with Crippen LogP contribution in [0, 0.1) is 0 Å². The van der Waals surface area contributed by atoms with Gasteiger partial charge in [0.2, 0.25) is 0 Å². The van der Waals surface area contributed by atoms with Crippen LogP contribution in [0.25, 0.3) is 0 Å². The van der Waals surface area contributed by atoms with Crippen LogP contribution in [0.3, 0.4) is 0 Å². The van der Waals surface area contributed by atoms with Crippen LogP contribution in [-0.4, -0.2) is 60.3 Å². The molecule has 0 spiro atoms. The minimum Gasteiger partial charge on any atom is -0.394 e. The lowest BCUT2D eigenvalue weighted by atomic mass is 10.2. The summed E-state index contributed by atoms with van der Waals surface area (Å²) in [5, 5.41) is 18.8. The minimum atomic E-state index is -3.70. The molecular weight excluding hydrogens is 323 g/mol. The second-order valence-electron chi connectivity index (χ2n) is 5.06. The first-order chi connectivity index (χ1) is 9.80. The number of hydrogen-bond donors (Lipinski definition) is 5. The van der Waals surface area contributed by atoms with Crippen LogP contribution in [0.15, 0.2) is 0 Å². The third kappa shape index (κ3) is 4.87. The highest BCUT2D eigenvalue weighted by Gasteiger charge is 2.40. The number of ether oxygens (including phenoxy) is 2. The lowest BCUT2D eigenvalue weighted by Gasteiger charge is -2.22. The Morgan fingerprint density at radius 2 is 1.86 bits per heavy atom. The fraction of sp³-hybridized carbons (Fsp3) is 1.00. The van der Waals surface area contributed by atoms with Gasteiger partial charge in [0.25, 0.3) is 0 Å². The molecule has 7 atom stereocenters. The molecule has 9 nitrogen and oxygen atoms in total. The first-order valence-corrected chi connectivity index (χ1v) is 9.27. The Kier molecular flexibility index (Phi) is 6.06. The summed E-state index contributed by atoms with van der Waals surface area (Å²) in [6, 6.07) is 0. The van der Waals surface area contributed by atoms with E-state index in [9.17, 15) is 9.67 Å². The lowest BCUT2D eigenvalue weighted by Crippen LogP contribution is -2.29. The summed E-state index contributed by atoms with van der Waals surface area (Å²) in [5.41, 5.74) is 11.1. The van der Waals surface area contributed by atoms with Gasteiger partial charge < -0.3 is 31.2 Å². The van der Waals surface area contributed by atoms with Crippen molar-refractivity contribution in [2.75, 3.05) is 13.2 Å². The molecule has 2 heterocycles. The summed E-state index contributed by atoms with van der Waals surface area (Å²) in [4.78, 5) is 0. The van der Waals surface area contributed by atoms with Gasteiger partial charge in [0.15, 0.2) is 0 Å². The SMILES string of the molecule is N[C@H]1CC(O)[C@@H](COP(=O)(S)O[C@@H]2C[C@H](N)O[C@@H]2CO)O1. The molecule has 2 unspecified atom stereocenters. The third-order valence-corrected chi connectivity index (χ3v) is 4.97. The van der Waals surface area contributed by atoms with Crippen molar-refractivity contribution in [2.24, 2.45) is 11.5 Å². The average molecular weight is 344 g/mol. The molecule has 2 fully saturated rings. The molecule has 0 aromatic carbocycles. The molecule has 0 saturated carbocycles. The highest BCUT2D eigenvalue weighted by atomic mass is 32.7. The van der Waals surface area contributed by atoms with E-state index in [0.717, 1.165) is 0 Å². The van der Waals surface area contributed by atoms with Crippen molar-refractivity contribution in [1.82, 2.24) is 0 Å². The maximum atomic E-state index is 12.2. The number of rotatable bonds is 6. The fourth-order valence-electron chi connectivity index (χ4n) is 2.30. The standard InChI is InChI=1S/C10H21N2O7PS/c11-9-1-5(14)8(18-9)4-16-20(15,21)19-6-2-10(12)17-7(6)3-13/h5-10,13-14H,1-4,11-12H2,(H,15,21)/t5?,6-,7-,8-,9-,10-,20?/m1/s1. The number of aliphatic hydroxyl groups excluding tert-OH is 2. The second-order valence-corrected chi connectivity index (χ2v) is 7.93. The molecule has 0 aromatic heterocycles. The smallest absolute Gasteiger partial charge is 0.386 e. The van der Waals surface area contributed by atoms with Crippen molar-refractivity contribution in [3.8, 4) is 0 Å². The van der Waals surface area contributed by atoms with Gasteiger partial charge in [0.1, 0.15) is 30.8 Å². The average Bonchev–Trinajstić information content (AvgIpc) is 2.88. The molecule has 0 radical (unpaired) electrons. The number of aliphatic hydroxyl groups is 2. The molecule has 6 N–H and O–H groups in total. The summed E-state index contributed by atoms with van der Waals surface area (Å²) in [7, 11) is 0. The van der Waals surface area contributed by atoms with E-state index < -0.39 is 43.7 Å². The van der Waals surface area contributed by atoms with Crippen molar-refractivity contribution < 1.29 is 33.3 Å². The van der Waals surface area contributed by atoms with Gasteiger partial charge in [-0.05, 0) is 0 Å². The molecule has 0 aromatic rings. The van der Waals surface area contributed by atoms with E-state index in [2.05, 4.69) is 12.2 Å². The molecule has 2 aliphatic rings. The molecule has 0 aliphatic carbocycles. The molecule has 0 bridgehead atoms. The van der Waals surface area contributed by atoms with Crippen LogP contribution in [-0.2, 0) is 23.1 Å². The zero-order valence-corrected chi connectivity index (χ0v) is 13.1. The van der Waals surface area contributed by atoms with Gasteiger partial charge in [-0.15, -0.1) is 0 Å². The molecule has 0 amide bonds. The van der Waals surface area contributed by atoms with Gasteiger partial charge in [-0.2, -0.15) is 0 Å². The Balaban J connectivity index is 1.83. The second kappa shape index (κ2) is 7.22. The minimum absolute atomic E-state index is 0.168. The van der Waals surface area contributed by atoms with Crippen molar-refractivity contribution in [3.63, 3.8) is 0 Å². The molecule has 2 rings (SSSR count). The summed E-state index contributed by atoms with van der Waals surface area (Å²) in [5.74, 6) is 0. The van der Waals surface area contributed by atoms with Crippen LogP contribution >= 0.6 is 19.0 Å². The van der Waals surface area contributed by atoms with Gasteiger partial charge in [-0.1, -0.05) is 12.2 Å². The van der Waals surface area contributed by atoms with E-state index in [1.54, 1.807) is 0 Å². The third-order valence-electron chi connectivity index (χ3n) is 3.33. The van der Waals surface area contributed by atoms with Crippen LogP contribution in [0.4, 0.5) is 0 Å². The molecule has 2 aliphatic heterocycles. The predicted octanol–water partition coefficient (Wildman–Crippen LogP) is -1.07. The lowest BCUT2D eigenvalue weighted by molar-refractivity contribution is -0.0274. The molecule has 21 heavy (non-hydrogen) atoms. The highest BCUT2D eigenvalue weighted by Crippen LogP contribution is 2.55. The zero-order chi connectivity index (χ0) is 15.6. The quantitative estimate of drug-likeness (QED) is 0.300. The van der Waals surface area contributed by atoms with Gasteiger partial charge >= 0.3 is 6.80 Å². The Hall–Kier alpha value is 0.260. The van der Waals surface area contributed by atoms with E-state index in [0.29, 0.717) is 0 Å². The highest BCUT2D eigenvalue weighted by molar-refractivity contribution is 8.44. The summed E-state index contributed by atoms with van der Waals surface area (Å²) < 4.78 is 32.9. The van der Waals surface area contributed by atoms with Crippen LogP contribution in [0.1, 0.15) is 12.8 Å². The fourth-order valence-corrected chi connectivity index (χ4v) is 3.82. The Labute approximate surface area is 127 Å². The first kappa shape index (κ1) is 17.6. The Morgan fingerprint density at radius 3 is 2.43 bits per heavy atom. The summed E-state index contributed by atoms with van der Waals surface area (Å²) >= 11 is 3.86. The largest absolute Gasteiger partial charge is 0.394 e. The monoisotopic (exact) mass is 344 g/mol. The van der Waals surface area contributed by atoms with Gasteiger partial charge in [0.05, 0.1) is 19.3 Å². The van der Waals surface area contributed by atoms with Crippen molar-refractivity contribution in [2.45, 2.75) is 49.7 Å². The Morgan fingerprint density at radius 1 is 1.24 bits per heavy atom. The van der Waals surface area contributed by atoms with Gasteiger partial charge in [-0.25, -0.2) is 4.57 Å². The van der Waals surface area contributed by atoms with Crippen LogP contribution in [0.5, 0.6) is 0 Å². The molecule has 124 valence electrons.